The van der Waals surface area contributed by atoms with Crippen molar-refractivity contribution in [1.82, 2.24) is 19.5 Å². The molecule has 0 spiro atoms. The van der Waals surface area contributed by atoms with Gasteiger partial charge in [0.05, 0.1) is 11.4 Å². The number of aryl methyl sites for hydroxylation is 3. The second-order valence-corrected chi connectivity index (χ2v) is 7.12. The minimum Gasteiger partial charge on any atom is -0.324 e. The van der Waals surface area contributed by atoms with Crippen LogP contribution in [-0.4, -0.2) is 19.5 Å². The molecule has 0 fully saturated rings. The summed E-state index contributed by atoms with van der Waals surface area (Å²) in [4.78, 5) is 36.7. The van der Waals surface area contributed by atoms with Crippen molar-refractivity contribution in [1.29, 1.82) is 0 Å². The lowest BCUT2D eigenvalue weighted by molar-refractivity contribution is 0.945. The van der Waals surface area contributed by atoms with Gasteiger partial charge in [0.1, 0.15) is 5.52 Å². The van der Waals surface area contributed by atoms with E-state index in [1.165, 1.54) is 10.1 Å². The summed E-state index contributed by atoms with van der Waals surface area (Å²) in [5, 5.41) is 3.19. The highest BCUT2D eigenvalue weighted by molar-refractivity contribution is 5.76. The van der Waals surface area contributed by atoms with E-state index < -0.39 is 11.1 Å². The maximum atomic E-state index is 12.7. The number of nitrogens with one attached hydrogen (secondary N) is 2. The van der Waals surface area contributed by atoms with E-state index in [4.69, 9.17) is 0 Å². The van der Waals surface area contributed by atoms with Crippen molar-refractivity contribution in [3.05, 3.63) is 86.1 Å². The highest BCUT2D eigenvalue weighted by Gasteiger charge is 2.15. The minimum absolute atomic E-state index is 0.351. The van der Waals surface area contributed by atoms with Crippen molar-refractivity contribution in [2.75, 3.05) is 5.32 Å². The van der Waals surface area contributed by atoms with E-state index in [-0.39, 0.29) is 0 Å². The van der Waals surface area contributed by atoms with Crippen molar-refractivity contribution in [3.63, 3.8) is 0 Å². The van der Waals surface area contributed by atoms with E-state index >= 15 is 0 Å². The van der Waals surface area contributed by atoms with E-state index in [9.17, 15) is 9.59 Å². The number of nitrogens with zero attached hydrogens (tertiary/aromatic N) is 3. The third-order valence-electron chi connectivity index (χ3n) is 5.14. The molecule has 0 bridgehead atoms. The van der Waals surface area contributed by atoms with Crippen LogP contribution >= 0.6 is 0 Å². The minimum atomic E-state index is -0.704. The monoisotopic (exact) mass is 401 g/mol. The normalized spacial score (nSPS) is 11.0. The Balaban J connectivity index is 1.88. The average Bonchev–Trinajstić information content (AvgIpc) is 2.76. The van der Waals surface area contributed by atoms with Gasteiger partial charge in [0.15, 0.2) is 5.65 Å². The number of rotatable bonds is 5. The fourth-order valence-electron chi connectivity index (χ4n) is 3.36. The fourth-order valence-corrected chi connectivity index (χ4v) is 3.36. The third-order valence-corrected chi connectivity index (χ3v) is 5.14. The number of aromatic amines is 1. The quantitative estimate of drug-likeness (QED) is 0.498. The van der Waals surface area contributed by atoms with Gasteiger partial charge in [0, 0.05) is 5.69 Å². The lowest BCUT2D eigenvalue weighted by Gasteiger charge is -2.13. The highest BCUT2D eigenvalue weighted by atomic mass is 16.2. The molecule has 7 heteroatoms. The molecule has 2 aromatic carbocycles. The van der Waals surface area contributed by atoms with E-state index in [1.54, 1.807) is 6.92 Å². The Bertz CT molecular complexity index is 1320. The van der Waals surface area contributed by atoms with Gasteiger partial charge in [0.25, 0.3) is 0 Å². The van der Waals surface area contributed by atoms with Crippen LogP contribution in [0.3, 0.4) is 0 Å². The predicted octanol–water partition coefficient (Wildman–Crippen LogP) is 3.65. The molecular weight excluding hydrogens is 378 g/mol. The van der Waals surface area contributed by atoms with Crippen LogP contribution in [0.4, 0.5) is 11.6 Å². The van der Waals surface area contributed by atoms with Gasteiger partial charge >= 0.3 is 11.1 Å². The first kappa shape index (κ1) is 19.6. The maximum Gasteiger partial charge on any atom is 0.322 e. The molecule has 0 saturated carbocycles. The number of anilines is 2. The summed E-state index contributed by atoms with van der Waals surface area (Å²) in [6.45, 7) is 5.94. The lowest BCUT2D eigenvalue weighted by atomic mass is 10.1. The molecule has 7 nitrogen and oxygen atoms in total. The first-order chi connectivity index (χ1) is 14.5. The molecule has 2 N–H and O–H groups in total. The summed E-state index contributed by atoms with van der Waals surface area (Å²) in [7, 11) is 0. The molecule has 0 unspecified atom stereocenters. The van der Waals surface area contributed by atoms with Crippen LogP contribution in [0.2, 0.25) is 0 Å². The number of fused-ring (bicyclic) bond motifs is 1. The third kappa shape index (κ3) is 3.61. The molecule has 0 saturated heterocycles. The van der Waals surface area contributed by atoms with E-state index in [1.807, 2.05) is 48.5 Å². The van der Waals surface area contributed by atoms with E-state index in [0.717, 1.165) is 24.1 Å². The van der Waals surface area contributed by atoms with Gasteiger partial charge in [-0.25, -0.2) is 4.98 Å². The molecule has 0 atom stereocenters. The van der Waals surface area contributed by atoms with Gasteiger partial charge in [-0.1, -0.05) is 38.1 Å². The molecule has 0 aliphatic carbocycles. The van der Waals surface area contributed by atoms with Crippen molar-refractivity contribution in [2.45, 2.75) is 33.6 Å². The summed E-state index contributed by atoms with van der Waals surface area (Å²) >= 11 is 0. The molecular formula is C23H23N5O2. The SMILES string of the molecule is CCc1ccc(Nc2nc(C)c3[nH]c(=O)c(=O)n(-c4ccc(CC)cc4)c3n2)cc1. The van der Waals surface area contributed by atoms with Crippen LogP contribution in [0.5, 0.6) is 0 Å². The van der Waals surface area contributed by atoms with Gasteiger partial charge in [-0.2, -0.15) is 4.98 Å². The topological polar surface area (TPSA) is 92.7 Å². The van der Waals surface area contributed by atoms with Crippen LogP contribution in [0.25, 0.3) is 16.9 Å². The zero-order valence-electron chi connectivity index (χ0n) is 17.2. The second-order valence-electron chi connectivity index (χ2n) is 7.12. The zero-order valence-corrected chi connectivity index (χ0v) is 17.2. The van der Waals surface area contributed by atoms with Crippen molar-refractivity contribution >= 4 is 22.8 Å². The molecule has 4 aromatic rings. The van der Waals surface area contributed by atoms with Gasteiger partial charge in [-0.15, -0.1) is 0 Å². The van der Waals surface area contributed by atoms with Crippen LogP contribution < -0.4 is 16.4 Å². The Labute approximate surface area is 173 Å². The number of benzene rings is 2. The molecule has 2 heterocycles. The van der Waals surface area contributed by atoms with Crippen LogP contribution in [0.1, 0.15) is 30.7 Å². The summed E-state index contributed by atoms with van der Waals surface area (Å²) in [6, 6.07) is 15.5. The molecule has 30 heavy (non-hydrogen) atoms. The Morgan fingerprint density at radius 1 is 0.900 bits per heavy atom. The Kier molecular flexibility index (Phi) is 5.18. The van der Waals surface area contributed by atoms with Crippen molar-refractivity contribution in [3.8, 4) is 5.69 Å². The van der Waals surface area contributed by atoms with Crippen LogP contribution in [-0.2, 0) is 12.8 Å². The molecule has 0 amide bonds. The zero-order chi connectivity index (χ0) is 21.3. The first-order valence-electron chi connectivity index (χ1n) is 9.99. The standard InChI is InChI=1S/C23H23N5O2/c1-4-15-6-10-17(11-7-15)25-23-24-14(3)19-20(27-23)28(22(30)21(29)26-19)18-12-8-16(5-2)9-13-18/h6-13H,4-5H2,1-3H3,(H,26,29)(H,24,25,27). The number of H-pyrrole nitrogens is 1. The second kappa shape index (κ2) is 7.94. The number of aromatic nitrogens is 4. The van der Waals surface area contributed by atoms with Gasteiger partial charge in [0.2, 0.25) is 5.95 Å². The summed E-state index contributed by atoms with van der Waals surface area (Å²) in [5.74, 6) is 0.356. The lowest BCUT2D eigenvalue weighted by Crippen LogP contribution is -2.36. The van der Waals surface area contributed by atoms with Gasteiger partial charge < -0.3 is 10.3 Å². The fraction of sp³-hybridized carbons (Fsp3) is 0.217. The van der Waals surface area contributed by atoms with Gasteiger partial charge in [-0.3, -0.25) is 14.2 Å². The summed E-state index contributed by atoms with van der Waals surface area (Å²) in [6.07, 6.45) is 1.85. The largest absolute Gasteiger partial charge is 0.324 e. The Morgan fingerprint density at radius 2 is 1.50 bits per heavy atom. The van der Waals surface area contributed by atoms with Gasteiger partial charge in [-0.05, 0) is 55.2 Å². The molecule has 152 valence electrons. The summed E-state index contributed by atoms with van der Waals surface area (Å²) in [5.41, 5.74) is 3.79. The maximum absolute atomic E-state index is 12.7. The van der Waals surface area contributed by atoms with Crippen LogP contribution in [0, 0.1) is 6.92 Å². The molecule has 2 aromatic heterocycles. The van der Waals surface area contributed by atoms with Crippen LogP contribution in [0.15, 0.2) is 58.1 Å². The van der Waals surface area contributed by atoms with E-state index in [2.05, 4.69) is 34.1 Å². The molecule has 4 rings (SSSR count). The number of hydrogen-bond donors (Lipinski definition) is 2. The molecule has 0 aliphatic heterocycles. The highest BCUT2D eigenvalue weighted by Crippen LogP contribution is 2.20. The number of hydrogen-bond acceptors (Lipinski definition) is 5. The summed E-state index contributed by atoms with van der Waals surface area (Å²) < 4.78 is 1.34. The average molecular weight is 401 g/mol. The Morgan fingerprint density at radius 3 is 2.10 bits per heavy atom. The smallest absolute Gasteiger partial charge is 0.322 e. The predicted molar refractivity (Wildman–Crippen MR) is 119 cm³/mol. The molecule has 0 aliphatic rings. The molecule has 0 radical (unpaired) electrons. The first-order valence-corrected chi connectivity index (χ1v) is 9.99. The van der Waals surface area contributed by atoms with Crippen molar-refractivity contribution in [2.24, 2.45) is 0 Å². The van der Waals surface area contributed by atoms with E-state index in [0.29, 0.717) is 28.5 Å². The van der Waals surface area contributed by atoms with Crippen molar-refractivity contribution < 1.29 is 0 Å². The Hall–Kier alpha value is -3.74.